The van der Waals surface area contributed by atoms with E-state index in [1.165, 1.54) is 49.0 Å². The lowest BCUT2D eigenvalue weighted by molar-refractivity contribution is -0.130. The number of nitrogens with one attached hydrogen (secondary N) is 1. The van der Waals surface area contributed by atoms with Crippen LogP contribution >= 0.6 is 11.8 Å². The molecule has 3 nitrogen and oxygen atoms in total. The maximum Gasteiger partial charge on any atom is 0.236 e. The Labute approximate surface area is 155 Å². The number of hydrogen-bond donors (Lipinski definition) is 1. The molecule has 4 bridgehead atoms. The second kappa shape index (κ2) is 6.96. The first-order valence-electron chi connectivity index (χ1n) is 9.67. The van der Waals surface area contributed by atoms with Crippen LogP contribution in [0.25, 0.3) is 0 Å². The van der Waals surface area contributed by atoms with Crippen LogP contribution < -0.4 is 5.32 Å². The van der Waals surface area contributed by atoms with Crippen LogP contribution in [-0.2, 0) is 11.3 Å². The largest absolute Gasteiger partial charge is 0.340 e. The molecule has 25 heavy (non-hydrogen) atoms. The van der Waals surface area contributed by atoms with Crippen LogP contribution in [0.3, 0.4) is 0 Å². The van der Waals surface area contributed by atoms with Gasteiger partial charge in [0.05, 0.1) is 6.54 Å². The molecular formula is C21H30N2OS. The van der Waals surface area contributed by atoms with E-state index in [1.54, 1.807) is 11.8 Å². The van der Waals surface area contributed by atoms with Gasteiger partial charge in [-0.3, -0.25) is 4.79 Å². The Kier molecular flexibility index (Phi) is 4.85. The quantitative estimate of drug-likeness (QED) is 0.782. The van der Waals surface area contributed by atoms with Gasteiger partial charge in [0.2, 0.25) is 5.91 Å². The van der Waals surface area contributed by atoms with Crippen LogP contribution in [-0.4, -0.2) is 36.2 Å². The van der Waals surface area contributed by atoms with Gasteiger partial charge in [-0.05, 0) is 80.2 Å². The van der Waals surface area contributed by atoms with Crippen molar-refractivity contribution < 1.29 is 4.79 Å². The zero-order valence-electron chi connectivity index (χ0n) is 15.5. The van der Waals surface area contributed by atoms with E-state index in [9.17, 15) is 4.79 Å². The van der Waals surface area contributed by atoms with Crippen molar-refractivity contribution in [3.05, 3.63) is 29.8 Å². The minimum Gasteiger partial charge on any atom is -0.340 e. The molecule has 5 rings (SSSR count). The van der Waals surface area contributed by atoms with Gasteiger partial charge in [-0.1, -0.05) is 12.1 Å². The van der Waals surface area contributed by atoms with E-state index in [0.717, 1.165) is 17.8 Å². The molecule has 4 saturated carbocycles. The number of likely N-dealkylation sites (N-methyl/N-ethyl adjacent to an activating group) is 1. The molecule has 0 aliphatic heterocycles. The van der Waals surface area contributed by atoms with Gasteiger partial charge in [-0.25, -0.2) is 0 Å². The molecule has 1 aromatic carbocycles. The van der Waals surface area contributed by atoms with Crippen LogP contribution in [0, 0.1) is 17.8 Å². The molecule has 0 radical (unpaired) electrons. The normalized spacial score (nSPS) is 32.8. The standard InChI is InChI=1S/C21H30N2OS/c1-23(14-15-3-5-19(25-2)6-4-15)20(24)13-22-21-10-16-7-17(11-21)9-18(8-16)12-21/h3-6,16-18,22H,7-14H2,1-2H3. The third-order valence-electron chi connectivity index (χ3n) is 6.66. The SMILES string of the molecule is CSc1ccc(CN(C)C(=O)CNC23CC4CC(CC(C4)C2)C3)cc1. The molecule has 4 heteroatoms. The number of amides is 1. The molecule has 1 aromatic rings. The summed E-state index contributed by atoms with van der Waals surface area (Å²) in [4.78, 5) is 15.8. The van der Waals surface area contributed by atoms with Crippen molar-refractivity contribution in [2.24, 2.45) is 17.8 Å². The number of thioether (sulfide) groups is 1. The molecule has 0 unspecified atom stereocenters. The summed E-state index contributed by atoms with van der Waals surface area (Å²) >= 11 is 1.75. The van der Waals surface area contributed by atoms with Gasteiger partial charge in [0.15, 0.2) is 0 Å². The van der Waals surface area contributed by atoms with Crippen molar-refractivity contribution in [3.8, 4) is 0 Å². The van der Waals surface area contributed by atoms with E-state index in [0.29, 0.717) is 13.1 Å². The van der Waals surface area contributed by atoms with E-state index in [4.69, 9.17) is 0 Å². The van der Waals surface area contributed by atoms with Crippen LogP contribution in [0.5, 0.6) is 0 Å². The second-order valence-electron chi connectivity index (χ2n) is 8.65. The third-order valence-corrected chi connectivity index (χ3v) is 7.40. The zero-order chi connectivity index (χ0) is 17.4. The Morgan fingerprint density at radius 3 is 2.20 bits per heavy atom. The van der Waals surface area contributed by atoms with Gasteiger partial charge >= 0.3 is 0 Å². The van der Waals surface area contributed by atoms with Gasteiger partial charge in [0, 0.05) is 24.0 Å². The average Bonchev–Trinajstić information content (AvgIpc) is 2.59. The first kappa shape index (κ1) is 17.4. The number of rotatable bonds is 6. The van der Waals surface area contributed by atoms with E-state index >= 15 is 0 Å². The maximum absolute atomic E-state index is 12.6. The Morgan fingerprint density at radius 2 is 1.68 bits per heavy atom. The van der Waals surface area contributed by atoms with Crippen molar-refractivity contribution in [1.82, 2.24) is 10.2 Å². The minimum absolute atomic E-state index is 0.213. The van der Waals surface area contributed by atoms with E-state index in [-0.39, 0.29) is 11.4 Å². The number of benzene rings is 1. The highest BCUT2D eigenvalue weighted by Gasteiger charge is 2.50. The van der Waals surface area contributed by atoms with Crippen molar-refractivity contribution in [3.63, 3.8) is 0 Å². The first-order valence-corrected chi connectivity index (χ1v) is 10.9. The summed E-state index contributed by atoms with van der Waals surface area (Å²) in [6.45, 7) is 1.18. The van der Waals surface area contributed by atoms with Gasteiger partial charge in [0.25, 0.3) is 0 Å². The minimum atomic E-state index is 0.213. The van der Waals surface area contributed by atoms with Crippen LogP contribution in [0.4, 0.5) is 0 Å². The number of nitrogens with zero attached hydrogens (tertiary/aromatic N) is 1. The summed E-state index contributed by atoms with van der Waals surface area (Å²) < 4.78 is 0. The van der Waals surface area contributed by atoms with Crippen molar-refractivity contribution in [2.45, 2.75) is 55.5 Å². The lowest BCUT2D eigenvalue weighted by Crippen LogP contribution is -2.59. The molecule has 0 atom stereocenters. The Balaban J connectivity index is 1.31. The summed E-state index contributed by atoms with van der Waals surface area (Å²) in [6.07, 6.45) is 10.3. The zero-order valence-corrected chi connectivity index (χ0v) is 16.3. The maximum atomic E-state index is 12.6. The van der Waals surface area contributed by atoms with Crippen LogP contribution in [0.15, 0.2) is 29.2 Å². The smallest absolute Gasteiger partial charge is 0.236 e. The molecule has 4 aliphatic carbocycles. The Bertz CT molecular complexity index is 592. The molecule has 1 amide bonds. The molecule has 136 valence electrons. The second-order valence-corrected chi connectivity index (χ2v) is 9.53. The topological polar surface area (TPSA) is 32.3 Å². The van der Waals surface area contributed by atoms with Gasteiger partial charge < -0.3 is 10.2 Å². The Morgan fingerprint density at radius 1 is 1.12 bits per heavy atom. The van der Waals surface area contributed by atoms with E-state index < -0.39 is 0 Å². The molecule has 4 fully saturated rings. The van der Waals surface area contributed by atoms with E-state index in [1.807, 2.05) is 11.9 Å². The van der Waals surface area contributed by atoms with Crippen molar-refractivity contribution >= 4 is 17.7 Å². The number of carbonyl (C=O) groups excluding carboxylic acids is 1. The third kappa shape index (κ3) is 3.75. The predicted molar refractivity (Wildman–Crippen MR) is 104 cm³/mol. The molecule has 0 aromatic heterocycles. The molecule has 4 aliphatic rings. The van der Waals surface area contributed by atoms with Crippen molar-refractivity contribution in [1.29, 1.82) is 0 Å². The van der Waals surface area contributed by atoms with Crippen molar-refractivity contribution in [2.75, 3.05) is 19.8 Å². The fraction of sp³-hybridized carbons (Fsp3) is 0.667. The number of carbonyl (C=O) groups is 1. The molecule has 0 heterocycles. The highest BCUT2D eigenvalue weighted by atomic mass is 32.2. The molecule has 0 saturated heterocycles. The fourth-order valence-electron chi connectivity index (χ4n) is 5.82. The molecular weight excluding hydrogens is 328 g/mol. The van der Waals surface area contributed by atoms with Gasteiger partial charge in [-0.15, -0.1) is 11.8 Å². The van der Waals surface area contributed by atoms with E-state index in [2.05, 4.69) is 35.8 Å². The van der Waals surface area contributed by atoms with Crippen LogP contribution in [0.2, 0.25) is 0 Å². The summed E-state index contributed by atoms with van der Waals surface area (Å²) in [5, 5.41) is 3.72. The summed E-state index contributed by atoms with van der Waals surface area (Å²) in [7, 11) is 1.92. The average molecular weight is 359 g/mol. The van der Waals surface area contributed by atoms with Crippen LogP contribution in [0.1, 0.15) is 44.1 Å². The highest BCUT2D eigenvalue weighted by molar-refractivity contribution is 7.98. The molecule has 1 N–H and O–H groups in total. The highest BCUT2D eigenvalue weighted by Crippen LogP contribution is 2.55. The Hall–Kier alpha value is -1.00. The monoisotopic (exact) mass is 358 g/mol. The lowest BCUT2D eigenvalue weighted by atomic mass is 9.53. The summed E-state index contributed by atoms with van der Waals surface area (Å²) in [6, 6.07) is 8.52. The lowest BCUT2D eigenvalue weighted by Gasteiger charge is -2.57. The first-order chi connectivity index (χ1) is 12.0. The van der Waals surface area contributed by atoms with Gasteiger partial charge in [0.1, 0.15) is 0 Å². The summed E-state index contributed by atoms with van der Waals surface area (Å²) in [5.74, 6) is 2.97. The van der Waals surface area contributed by atoms with Gasteiger partial charge in [-0.2, -0.15) is 0 Å². The molecule has 0 spiro atoms. The predicted octanol–water partition coefficient (Wildman–Crippen LogP) is 3.93. The summed E-state index contributed by atoms with van der Waals surface area (Å²) in [5.41, 5.74) is 1.47. The fourth-order valence-corrected chi connectivity index (χ4v) is 6.23. The number of hydrogen-bond acceptors (Lipinski definition) is 3.